The van der Waals surface area contributed by atoms with Gasteiger partial charge in [-0.1, -0.05) is 67.6 Å². The maximum absolute atomic E-state index is 6.04. The van der Waals surface area contributed by atoms with Gasteiger partial charge in [-0.25, -0.2) is 0 Å². The van der Waals surface area contributed by atoms with Crippen molar-refractivity contribution in [1.29, 1.82) is 0 Å². The normalized spacial score (nSPS) is 12.1. The highest BCUT2D eigenvalue weighted by Crippen LogP contribution is 1.97. The Labute approximate surface area is 115 Å². The number of nitrogens with two attached hydrogens (primary N) is 1. The zero-order chi connectivity index (χ0) is 13.5. The van der Waals surface area contributed by atoms with E-state index in [1.54, 1.807) is 0 Å². The molecule has 0 aliphatic heterocycles. The van der Waals surface area contributed by atoms with E-state index >= 15 is 0 Å². The molecule has 0 fully saturated rings. The van der Waals surface area contributed by atoms with Gasteiger partial charge in [0.25, 0.3) is 0 Å². The van der Waals surface area contributed by atoms with E-state index in [-0.39, 0.29) is 13.0 Å². The van der Waals surface area contributed by atoms with Crippen LogP contribution in [-0.4, -0.2) is 19.6 Å². The van der Waals surface area contributed by atoms with Crippen molar-refractivity contribution in [3.05, 3.63) is 60.7 Å². The van der Waals surface area contributed by atoms with Crippen LogP contribution in [0.25, 0.3) is 0 Å². The summed E-state index contributed by atoms with van der Waals surface area (Å²) in [7, 11) is 0. The fourth-order valence-electron chi connectivity index (χ4n) is 1.98. The van der Waals surface area contributed by atoms with Gasteiger partial charge in [-0.2, -0.15) is 0 Å². The van der Waals surface area contributed by atoms with E-state index in [2.05, 4.69) is 31.2 Å². The van der Waals surface area contributed by atoms with Crippen molar-refractivity contribution in [3.63, 3.8) is 0 Å². The molecule has 0 saturated carbocycles. The summed E-state index contributed by atoms with van der Waals surface area (Å²) in [5, 5.41) is 0. The van der Waals surface area contributed by atoms with Crippen molar-refractivity contribution in [2.24, 2.45) is 5.73 Å². The lowest BCUT2D eigenvalue weighted by molar-refractivity contribution is 0.297. The van der Waals surface area contributed by atoms with Gasteiger partial charge >= 0.3 is 6.92 Å². The summed E-state index contributed by atoms with van der Waals surface area (Å²) in [4.78, 5) is 0. The summed E-state index contributed by atoms with van der Waals surface area (Å²) in [5.41, 5.74) is 8.28. The molecule has 0 heterocycles. The summed E-state index contributed by atoms with van der Waals surface area (Å²) >= 11 is 0. The minimum Gasteiger partial charge on any atom is -0.425 e. The molecule has 0 spiro atoms. The Morgan fingerprint density at radius 2 is 1.42 bits per heavy atom. The second-order valence-electron chi connectivity index (χ2n) is 4.70. The number of benzene rings is 2. The first-order chi connectivity index (χ1) is 9.31. The quantitative estimate of drug-likeness (QED) is 0.793. The largest absolute Gasteiger partial charge is 0.425 e. The lowest BCUT2D eigenvalue weighted by atomic mass is 9.55. The van der Waals surface area contributed by atoms with E-state index in [1.165, 1.54) is 0 Å². The lowest BCUT2D eigenvalue weighted by Gasteiger charge is -2.17. The Hall–Kier alpha value is -1.58. The minimum atomic E-state index is -0.0417. The van der Waals surface area contributed by atoms with Crippen LogP contribution < -0.4 is 16.7 Å². The summed E-state index contributed by atoms with van der Waals surface area (Å²) < 4.78 is 6.04. The molecule has 0 radical (unpaired) electrons. The molecule has 2 aromatic carbocycles. The SMILES string of the molecule is CCC(N)COB(c1ccccc1)c1ccccc1. The van der Waals surface area contributed by atoms with Crippen molar-refractivity contribution in [1.82, 2.24) is 0 Å². The Bertz CT molecular complexity index is 435. The Morgan fingerprint density at radius 3 is 1.84 bits per heavy atom. The topological polar surface area (TPSA) is 35.2 Å². The van der Waals surface area contributed by atoms with Gasteiger partial charge in [0.15, 0.2) is 0 Å². The number of hydrogen-bond acceptors (Lipinski definition) is 2. The zero-order valence-electron chi connectivity index (χ0n) is 11.3. The highest BCUT2D eigenvalue weighted by atomic mass is 16.4. The molecular weight excluding hydrogens is 233 g/mol. The first kappa shape index (κ1) is 13.8. The molecule has 98 valence electrons. The summed E-state index contributed by atoms with van der Waals surface area (Å²) in [5.74, 6) is 0. The molecule has 0 saturated heterocycles. The molecule has 1 unspecified atom stereocenters. The molecule has 0 bridgehead atoms. The van der Waals surface area contributed by atoms with Gasteiger partial charge in [0.05, 0.1) is 0 Å². The van der Waals surface area contributed by atoms with Crippen molar-refractivity contribution < 1.29 is 4.65 Å². The van der Waals surface area contributed by atoms with Crippen LogP contribution in [0, 0.1) is 0 Å². The van der Waals surface area contributed by atoms with Crippen LogP contribution in [0.1, 0.15) is 13.3 Å². The van der Waals surface area contributed by atoms with Crippen LogP contribution in [0.2, 0.25) is 0 Å². The predicted octanol–water partition coefficient (Wildman–Crippen LogP) is 1.55. The fourth-order valence-corrected chi connectivity index (χ4v) is 1.98. The summed E-state index contributed by atoms with van der Waals surface area (Å²) in [6.07, 6.45) is 0.927. The third-order valence-corrected chi connectivity index (χ3v) is 3.21. The van der Waals surface area contributed by atoms with E-state index in [9.17, 15) is 0 Å². The maximum atomic E-state index is 6.04. The Kier molecular flexibility index (Phi) is 5.19. The van der Waals surface area contributed by atoms with Crippen LogP contribution in [0.3, 0.4) is 0 Å². The molecule has 0 aromatic heterocycles. The highest BCUT2D eigenvalue weighted by molar-refractivity contribution is 6.80. The second kappa shape index (κ2) is 7.12. The monoisotopic (exact) mass is 253 g/mol. The standard InChI is InChI=1S/C16H20BNO/c1-2-16(18)13-19-17(14-9-5-3-6-10-14)15-11-7-4-8-12-15/h3-12,16H,2,13,18H2,1H3. The molecule has 2 N–H and O–H groups in total. The predicted molar refractivity (Wildman–Crippen MR) is 82.1 cm³/mol. The van der Waals surface area contributed by atoms with E-state index in [0.717, 1.165) is 17.3 Å². The zero-order valence-corrected chi connectivity index (χ0v) is 11.3. The van der Waals surface area contributed by atoms with E-state index in [0.29, 0.717) is 6.61 Å². The fraction of sp³-hybridized carbons (Fsp3) is 0.250. The molecule has 0 amide bonds. The van der Waals surface area contributed by atoms with Gasteiger partial charge in [-0.3, -0.25) is 0 Å². The molecule has 2 rings (SSSR count). The molecule has 2 aromatic rings. The summed E-state index contributed by atoms with van der Waals surface area (Å²) in [6.45, 7) is 2.61. The van der Waals surface area contributed by atoms with Crippen LogP contribution >= 0.6 is 0 Å². The summed E-state index contributed by atoms with van der Waals surface area (Å²) in [6, 6.07) is 20.6. The van der Waals surface area contributed by atoms with Gasteiger partial charge in [-0.15, -0.1) is 0 Å². The van der Waals surface area contributed by atoms with E-state index in [4.69, 9.17) is 10.4 Å². The minimum absolute atomic E-state index is 0.0417. The average molecular weight is 253 g/mol. The molecule has 2 nitrogen and oxygen atoms in total. The number of rotatable bonds is 6. The smallest absolute Gasteiger partial charge is 0.361 e. The third kappa shape index (κ3) is 3.95. The number of hydrogen-bond donors (Lipinski definition) is 1. The lowest BCUT2D eigenvalue weighted by Crippen LogP contribution is -2.47. The van der Waals surface area contributed by atoms with E-state index < -0.39 is 0 Å². The molecular formula is C16H20BNO. The van der Waals surface area contributed by atoms with Gasteiger partial charge < -0.3 is 10.4 Å². The Morgan fingerprint density at radius 1 is 0.947 bits per heavy atom. The maximum Gasteiger partial charge on any atom is 0.361 e. The third-order valence-electron chi connectivity index (χ3n) is 3.21. The van der Waals surface area contributed by atoms with Gasteiger partial charge in [0.1, 0.15) is 0 Å². The van der Waals surface area contributed by atoms with E-state index in [1.807, 2.05) is 36.4 Å². The van der Waals surface area contributed by atoms with Crippen molar-refractivity contribution >= 4 is 17.8 Å². The van der Waals surface area contributed by atoms with Crippen molar-refractivity contribution in [2.45, 2.75) is 19.4 Å². The molecule has 3 heteroatoms. The second-order valence-corrected chi connectivity index (χ2v) is 4.70. The molecule has 0 aliphatic rings. The van der Waals surface area contributed by atoms with Gasteiger partial charge in [-0.05, 0) is 17.3 Å². The van der Waals surface area contributed by atoms with Crippen LogP contribution in [0.15, 0.2) is 60.7 Å². The first-order valence-corrected chi connectivity index (χ1v) is 6.78. The highest BCUT2D eigenvalue weighted by Gasteiger charge is 2.21. The van der Waals surface area contributed by atoms with Gasteiger partial charge in [0, 0.05) is 12.6 Å². The average Bonchev–Trinajstić information content (AvgIpc) is 2.49. The van der Waals surface area contributed by atoms with Crippen molar-refractivity contribution in [3.8, 4) is 0 Å². The van der Waals surface area contributed by atoms with Crippen molar-refractivity contribution in [2.75, 3.05) is 6.61 Å². The molecule has 1 atom stereocenters. The van der Waals surface area contributed by atoms with Crippen LogP contribution in [0.5, 0.6) is 0 Å². The Balaban J connectivity index is 2.19. The van der Waals surface area contributed by atoms with Crippen LogP contribution in [0.4, 0.5) is 0 Å². The molecule has 0 aliphatic carbocycles. The van der Waals surface area contributed by atoms with Gasteiger partial charge in [0.2, 0.25) is 0 Å². The first-order valence-electron chi connectivity index (χ1n) is 6.78. The van der Waals surface area contributed by atoms with Crippen LogP contribution in [-0.2, 0) is 4.65 Å². The molecule has 19 heavy (non-hydrogen) atoms.